The van der Waals surface area contributed by atoms with Gasteiger partial charge in [-0.1, -0.05) is 18.2 Å². The van der Waals surface area contributed by atoms with Crippen LogP contribution in [0.2, 0.25) is 0 Å². The van der Waals surface area contributed by atoms with Gasteiger partial charge < -0.3 is 15.5 Å². The van der Waals surface area contributed by atoms with Crippen LogP contribution in [-0.4, -0.2) is 43.5 Å². The van der Waals surface area contributed by atoms with E-state index in [2.05, 4.69) is 22.6 Å². The van der Waals surface area contributed by atoms with Crippen molar-refractivity contribution in [2.45, 2.75) is 24.8 Å². The number of carbonyl (C=O) groups is 1. The molecule has 0 saturated carbocycles. The Bertz CT molecular complexity index is 474. The summed E-state index contributed by atoms with van der Waals surface area (Å²) in [6.45, 7) is 2.63. The SMILES string of the molecule is CN1CCCC1CNC(=O)C1CNc2ccccc21. The Balaban J connectivity index is 1.60. The molecule has 19 heavy (non-hydrogen) atoms. The Morgan fingerprint density at radius 2 is 2.32 bits per heavy atom. The molecule has 0 spiro atoms. The molecule has 102 valence electrons. The van der Waals surface area contributed by atoms with Gasteiger partial charge in [-0.15, -0.1) is 0 Å². The summed E-state index contributed by atoms with van der Waals surface area (Å²) in [6.07, 6.45) is 2.43. The van der Waals surface area contributed by atoms with E-state index in [0.717, 1.165) is 24.3 Å². The van der Waals surface area contributed by atoms with Gasteiger partial charge >= 0.3 is 0 Å². The summed E-state index contributed by atoms with van der Waals surface area (Å²) in [7, 11) is 2.14. The van der Waals surface area contributed by atoms with Gasteiger partial charge in [0.1, 0.15) is 0 Å². The first-order valence-corrected chi connectivity index (χ1v) is 7.06. The van der Waals surface area contributed by atoms with Crippen LogP contribution in [0.3, 0.4) is 0 Å². The molecule has 0 bridgehead atoms. The molecule has 2 aliphatic rings. The van der Waals surface area contributed by atoms with Gasteiger partial charge in [0, 0.05) is 24.8 Å². The van der Waals surface area contributed by atoms with Crippen LogP contribution in [0.5, 0.6) is 0 Å². The van der Waals surface area contributed by atoms with E-state index < -0.39 is 0 Å². The number of fused-ring (bicyclic) bond motifs is 1. The van der Waals surface area contributed by atoms with E-state index in [1.807, 2.05) is 24.3 Å². The minimum atomic E-state index is -0.0390. The molecule has 2 atom stereocenters. The van der Waals surface area contributed by atoms with Crippen LogP contribution < -0.4 is 10.6 Å². The largest absolute Gasteiger partial charge is 0.384 e. The highest BCUT2D eigenvalue weighted by atomic mass is 16.1. The molecule has 2 heterocycles. The van der Waals surface area contributed by atoms with Gasteiger partial charge in [-0.05, 0) is 38.1 Å². The van der Waals surface area contributed by atoms with E-state index in [-0.39, 0.29) is 11.8 Å². The third-order valence-electron chi connectivity index (χ3n) is 4.33. The molecular weight excluding hydrogens is 238 g/mol. The van der Waals surface area contributed by atoms with Gasteiger partial charge in [0.2, 0.25) is 5.91 Å². The monoisotopic (exact) mass is 259 g/mol. The molecule has 1 saturated heterocycles. The standard InChI is InChI=1S/C15H21N3O/c1-18-8-4-5-11(18)9-17-15(19)13-10-16-14-7-3-2-6-12(13)14/h2-3,6-7,11,13,16H,4-5,8-10H2,1H3,(H,17,19). The summed E-state index contributed by atoms with van der Waals surface area (Å²) in [4.78, 5) is 14.6. The second-order valence-electron chi connectivity index (χ2n) is 5.54. The summed E-state index contributed by atoms with van der Waals surface area (Å²) >= 11 is 0. The maximum Gasteiger partial charge on any atom is 0.229 e. The number of para-hydroxylation sites is 1. The van der Waals surface area contributed by atoms with Crippen molar-refractivity contribution in [3.8, 4) is 0 Å². The van der Waals surface area contributed by atoms with Crippen LogP contribution in [0.1, 0.15) is 24.3 Å². The fraction of sp³-hybridized carbons (Fsp3) is 0.533. The maximum atomic E-state index is 12.3. The lowest BCUT2D eigenvalue weighted by atomic mass is 10.0. The van der Waals surface area contributed by atoms with Crippen molar-refractivity contribution in [2.75, 3.05) is 32.0 Å². The smallest absolute Gasteiger partial charge is 0.229 e. The van der Waals surface area contributed by atoms with Crippen molar-refractivity contribution in [3.63, 3.8) is 0 Å². The highest BCUT2D eigenvalue weighted by Crippen LogP contribution is 2.31. The summed E-state index contributed by atoms with van der Waals surface area (Å²) in [5.41, 5.74) is 2.22. The average molecular weight is 259 g/mol. The first-order valence-electron chi connectivity index (χ1n) is 7.06. The Morgan fingerprint density at radius 3 is 3.11 bits per heavy atom. The molecule has 2 N–H and O–H groups in total. The number of hydrogen-bond acceptors (Lipinski definition) is 3. The predicted octanol–water partition coefficient (Wildman–Crippen LogP) is 1.41. The van der Waals surface area contributed by atoms with Crippen molar-refractivity contribution >= 4 is 11.6 Å². The van der Waals surface area contributed by atoms with Crippen LogP contribution in [0.25, 0.3) is 0 Å². The second kappa shape index (κ2) is 5.21. The molecule has 1 aromatic carbocycles. The first-order chi connectivity index (χ1) is 9.25. The minimum Gasteiger partial charge on any atom is -0.384 e. The highest BCUT2D eigenvalue weighted by molar-refractivity contribution is 5.88. The molecule has 4 nitrogen and oxygen atoms in total. The van der Waals surface area contributed by atoms with Crippen LogP contribution in [0, 0.1) is 0 Å². The van der Waals surface area contributed by atoms with Crippen LogP contribution in [0.4, 0.5) is 5.69 Å². The quantitative estimate of drug-likeness (QED) is 0.862. The lowest BCUT2D eigenvalue weighted by molar-refractivity contribution is -0.122. The zero-order valence-corrected chi connectivity index (χ0v) is 11.4. The lowest BCUT2D eigenvalue weighted by Crippen LogP contribution is -2.40. The predicted molar refractivity (Wildman–Crippen MR) is 76.3 cm³/mol. The first kappa shape index (κ1) is 12.5. The van der Waals surface area contributed by atoms with E-state index in [9.17, 15) is 4.79 Å². The fourth-order valence-electron chi connectivity index (χ4n) is 3.10. The van der Waals surface area contributed by atoms with Crippen molar-refractivity contribution < 1.29 is 4.79 Å². The Labute approximate surface area is 114 Å². The molecule has 1 aromatic rings. The normalized spacial score (nSPS) is 25.9. The Morgan fingerprint density at radius 1 is 1.47 bits per heavy atom. The third-order valence-corrected chi connectivity index (χ3v) is 4.33. The zero-order valence-electron chi connectivity index (χ0n) is 11.4. The fourth-order valence-corrected chi connectivity index (χ4v) is 3.10. The molecule has 0 aromatic heterocycles. The molecule has 2 unspecified atom stereocenters. The molecule has 4 heteroatoms. The van der Waals surface area contributed by atoms with Crippen molar-refractivity contribution in [2.24, 2.45) is 0 Å². The van der Waals surface area contributed by atoms with Crippen molar-refractivity contribution in [1.29, 1.82) is 0 Å². The average Bonchev–Trinajstić information content (AvgIpc) is 3.02. The van der Waals surface area contributed by atoms with Crippen molar-refractivity contribution in [3.05, 3.63) is 29.8 Å². The molecule has 2 aliphatic heterocycles. The molecule has 0 aliphatic carbocycles. The Hall–Kier alpha value is -1.55. The topological polar surface area (TPSA) is 44.4 Å². The molecule has 0 radical (unpaired) electrons. The lowest BCUT2D eigenvalue weighted by Gasteiger charge is -2.20. The molecule has 1 fully saturated rings. The van der Waals surface area contributed by atoms with Crippen LogP contribution >= 0.6 is 0 Å². The number of carbonyl (C=O) groups excluding carboxylic acids is 1. The summed E-state index contributed by atoms with van der Waals surface area (Å²) in [6, 6.07) is 8.58. The third kappa shape index (κ3) is 2.45. The van der Waals surface area contributed by atoms with E-state index in [1.54, 1.807) is 0 Å². The molecular formula is C15H21N3O. The number of nitrogens with zero attached hydrogens (tertiary/aromatic N) is 1. The van der Waals surface area contributed by atoms with Gasteiger partial charge in [-0.25, -0.2) is 0 Å². The van der Waals surface area contributed by atoms with E-state index in [4.69, 9.17) is 0 Å². The minimum absolute atomic E-state index is 0.0390. The number of likely N-dealkylation sites (N-methyl/N-ethyl adjacent to an activating group) is 1. The van der Waals surface area contributed by atoms with E-state index in [0.29, 0.717) is 12.6 Å². The summed E-state index contributed by atoms with van der Waals surface area (Å²) in [5.74, 6) is 0.112. The number of hydrogen-bond donors (Lipinski definition) is 2. The van der Waals surface area contributed by atoms with E-state index in [1.165, 1.54) is 12.8 Å². The van der Waals surface area contributed by atoms with Crippen molar-refractivity contribution in [1.82, 2.24) is 10.2 Å². The van der Waals surface area contributed by atoms with Gasteiger partial charge in [0.25, 0.3) is 0 Å². The molecule has 1 amide bonds. The van der Waals surface area contributed by atoms with Gasteiger partial charge in [0.15, 0.2) is 0 Å². The number of benzene rings is 1. The number of anilines is 1. The van der Waals surface area contributed by atoms with Crippen LogP contribution in [0.15, 0.2) is 24.3 Å². The second-order valence-corrected chi connectivity index (χ2v) is 5.54. The summed E-state index contributed by atoms with van der Waals surface area (Å²) in [5, 5.41) is 6.41. The van der Waals surface area contributed by atoms with Gasteiger partial charge in [0.05, 0.1) is 5.92 Å². The number of amides is 1. The zero-order chi connectivity index (χ0) is 13.2. The van der Waals surface area contributed by atoms with Gasteiger partial charge in [-0.2, -0.15) is 0 Å². The molecule has 3 rings (SSSR count). The van der Waals surface area contributed by atoms with E-state index >= 15 is 0 Å². The number of rotatable bonds is 3. The highest BCUT2D eigenvalue weighted by Gasteiger charge is 2.29. The maximum absolute atomic E-state index is 12.3. The number of nitrogens with one attached hydrogen (secondary N) is 2. The Kier molecular flexibility index (Phi) is 3.42. The number of likely N-dealkylation sites (tertiary alicyclic amines) is 1. The van der Waals surface area contributed by atoms with Crippen LogP contribution in [-0.2, 0) is 4.79 Å². The van der Waals surface area contributed by atoms with Gasteiger partial charge in [-0.3, -0.25) is 4.79 Å². The summed E-state index contributed by atoms with van der Waals surface area (Å²) < 4.78 is 0.